The normalized spacial score (nSPS) is 11.6. The standard InChI is InChI=1S/C23H24FN5O3S/c1-2-8-17(22(31)27-13-14-9-4-3-5-10-14)29(16-12-7-6-11-15(16)24)23(32)20-18(25)19(21(26)30)28-33-20/h3-7,9-12,17H,2,8,13,25H2,1H3,(H2,26,30)(H,27,31). The van der Waals surface area contributed by atoms with E-state index in [1.807, 2.05) is 37.3 Å². The number of nitrogens with zero attached hydrogens (tertiary/aromatic N) is 2. The van der Waals surface area contributed by atoms with Crippen LogP contribution in [0.1, 0.15) is 45.5 Å². The third-order valence-corrected chi connectivity index (χ3v) is 5.82. The molecule has 1 aromatic heterocycles. The lowest BCUT2D eigenvalue weighted by Crippen LogP contribution is -2.50. The Bertz CT molecular complexity index is 1150. The van der Waals surface area contributed by atoms with Crippen molar-refractivity contribution in [2.45, 2.75) is 32.4 Å². The van der Waals surface area contributed by atoms with Crippen LogP contribution in [-0.2, 0) is 11.3 Å². The highest BCUT2D eigenvalue weighted by Gasteiger charge is 2.35. The van der Waals surface area contributed by atoms with E-state index in [1.165, 1.54) is 18.2 Å². The molecular formula is C23H24FN5O3S. The highest BCUT2D eigenvalue weighted by atomic mass is 32.1. The molecule has 0 saturated carbocycles. The molecule has 3 rings (SSSR count). The average Bonchev–Trinajstić information content (AvgIpc) is 3.20. The maximum absolute atomic E-state index is 14.8. The van der Waals surface area contributed by atoms with Crippen molar-refractivity contribution in [3.05, 3.63) is 76.5 Å². The van der Waals surface area contributed by atoms with Gasteiger partial charge in [0.1, 0.15) is 16.7 Å². The summed E-state index contributed by atoms with van der Waals surface area (Å²) in [5.41, 5.74) is 11.6. The Labute approximate surface area is 194 Å². The number of nitrogen functional groups attached to an aromatic ring is 1. The molecule has 0 fully saturated rings. The zero-order valence-electron chi connectivity index (χ0n) is 18.0. The van der Waals surface area contributed by atoms with Crippen molar-refractivity contribution in [2.75, 3.05) is 10.6 Å². The summed E-state index contributed by atoms with van der Waals surface area (Å²) in [5.74, 6) is -2.75. The van der Waals surface area contributed by atoms with Gasteiger partial charge in [0.2, 0.25) is 5.91 Å². The van der Waals surface area contributed by atoms with Gasteiger partial charge in [-0.3, -0.25) is 19.3 Å². The van der Waals surface area contributed by atoms with E-state index in [0.717, 1.165) is 10.5 Å². The molecule has 0 radical (unpaired) electrons. The van der Waals surface area contributed by atoms with Crippen LogP contribution in [0.2, 0.25) is 0 Å². The summed E-state index contributed by atoms with van der Waals surface area (Å²) >= 11 is 0.678. The van der Waals surface area contributed by atoms with E-state index in [-0.39, 0.29) is 34.9 Å². The predicted octanol–water partition coefficient (Wildman–Crippen LogP) is 3.10. The molecule has 0 aliphatic carbocycles. The highest BCUT2D eigenvalue weighted by Crippen LogP contribution is 2.30. The number of halogens is 1. The van der Waals surface area contributed by atoms with E-state index in [0.29, 0.717) is 18.0 Å². The number of para-hydroxylation sites is 1. The maximum Gasteiger partial charge on any atom is 0.272 e. The second-order valence-corrected chi connectivity index (χ2v) is 8.05. The number of rotatable bonds is 9. The summed E-state index contributed by atoms with van der Waals surface area (Å²) in [6.45, 7) is 2.10. The van der Waals surface area contributed by atoms with Gasteiger partial charge >= 0.3 is 0 Å². The first kappa shape index (κ1) is 23.9. The Kier molecular flexibility index (Phi) is 7.73. The Morgan fingerprint density at radius 3 is 2.39 bits per heavy atom. The van der Waals surface area contributed by atoms with Gasteiger partial charge < -0.3 is 16.8 Å². The van der Waals surface area contributed by atoms with Crippen molar-refractivity contribution in [3.8, 4) is 0 Å². The van der Waals surface area contributed by atoms with Gasteiger partial charge in [0.25, 0.3) is 11.8 Å². The highest BCUT2D eigenvalue weighted by molar-refractivity contribution is 7.09. The van der Waals surface area contributed by atoms with Crippen molar-refractivity contribution in [1.82, 2.24) is 9.69 Å². The van der Waals surface area contributed by atoms with Crippen LogP contribution in [0.4, 0.5) is 15.8 Å². The number of hydrogen-bond acceptors (Lipinski definition) is 6. The third kappa shape index (κ3) is 5.35. The second-order valence-electron chi connectivity index (χ2n) is 7.27. The summed E-state index contributed by atoms with van der Waals surface area (Å²) in [6, 6.07) is 13.9. The lowest BCUT2D eigenvalue weighted by Gasteiger charge is -2.31. The molecule has 3 aromatic rings. The van der Waals surface area contributed by atoms with Crippen molar-refractivity contribution in [1.29, 1.82) is 0 Å². The first-order valence-corrected chi connectivity index (χ1v) is 11.1. The molecule has 8 nitrogen and oxygen atoms in total. The number of carbonyl (C=O) groups is 3. The van der Waals surface area contributed by atoms with Gasteiger partial charge in [0.05, 0.1) is 11.4 Å². The number of anilines is 2. The minimum atomic E-state index is -1.03. The third-order valence-electron chi connectivity index (χ3n) is 4.97. The summed E-state index contributed by atoms with van der Waals surface area (Å²) in [7, 11) is 0. The fourth-order valence-corrected chi connectivity index (χ4v) is 4.10. The fourth-order valence-electron chi connectivity index (χ4n) is 3.36. The molecule has 0 saturated heterocycles. The van der Waals surface area contributed by atoms with Gasteiger partial charge in [-0.15, -0.1) is 0 Å². The Morgan fingerprint density at radius 1 is 1.12 bits per heavy atom. The minimum absolute atomic E-state index is 0.0794. The van der Waals surface area contributed by atoms with Gasteiger partial charge in [0, 0.05) is 6.54 Å². The van der Waals surface area contributed by atoms with E-state index >= 15 is 0 Å². The molecule has 33 heavy (non-hydrogen) atoms. The molecule has 2 aromatic carbocycles. The zero-order chi connectivity index (χ0) is 24.0. The van der Waals surface area contributed by atoms with Crippen molar-refractivity contribution < 1.29 is 18.8 Å². The molecule has 0 aliphatic rings. The molecule has 3 amide bonds. The maximum atomic E-state index is 14.8. The largest absolute Gasteiger partial charge is 0.395 e. The Hall–Kier alpha value is -3.79. The predicted molar refractivity (Wildman–Crippen MR) is 125 cm³/mol. The molecule has 0 spiro atoms. The Balaban J connectivity index is 2.01. The topological polar surface area (TPSA) is 131 Å². The van der Waals surface area contributed by atoms with Crippen molar-refractivity contribution >= 4 is 40.6 Å². The van der Waals surface area contributed by atoms with Gasteiger partial charge in [-0.2, -0.15) is 4.37 Å². The van der Waals surface area contributed by atoms with Gasteiger partial charge in [-0.25, -0.2) is 4.39 Å². The average molecular weight is 470 g/mol. The molecule has 1 atom stereocenters. The number of amides is 3. The lowest BCUT2D eigenvalue weighted by atomic mass is 10.1. The van der Waals surface area contributed by atoms with E-state index in [4.69, 9.17) is 11.5 Å². The summed E-state index contributed by atoms with van der Waals surface area (Å²) in [5, 5.41) is 2.83. The van der Waals surface area contributed by atoms with Crippen LogP contribution in [0, 0.1) is 5.82 Å². The second kappa shape index (κ2) is 10.7. The quantitative estimate of drug-likeness (QED) is 0.443. The van der Waals surface area contributed by atoms with E-state index in [2.05, 4.69) is 9.69 Å². The number of carbonyl (C=O) groups excluding carboxylic acids is 3. The van der Waals surface area contributed by atoms with Gasteiger partial charge in [-0.1, -0.05) is 55.8 Å². The molecular weight excluding hydrogens is 445 g/mol. The molecule has 1 heterocycles. The first-order chi connectivity index (χ1) is 15.8. The van der Waals surface area contributed by atoms with E-state index in [9.17, 15) is 18.8 Å². The lowest BCUT2D eigenvalue weighted by molar-refractivity contribution is -0.122. The number of hydrogen-bond donors (Lipinski definition) is 3. The smallest absolute Gasteiger partial charge is 0.272 e. The van der Waals surface area contributed by atoms with Crippen LogP contribution >= 0.6 is 11.5 Å². The van der Waals surface area contributed by atoms with Crippen LogP contribution < -0.4 is 21.7 Å². The molecule has 10 heteroatoms. The molecule has 5 N–H and O–H groups in total. The Morgan fingerprint density at radius 2 is 1.79 bits per heavy atom. The minimum Gasteiger partial charge on any atom is -0.395 e. The van der Waals surface area contributed by atoms with Crippen molar-refractivity contribution in [3.63, 3.8) is 0 Å². The van der Waals surface area contributed by atoms with Gasteiger partial charge in [0.15, 0.2) is 5.69 Å². The number of benzene rings is 2. The number of primary amides is 1. The van der Waals surface area contributed by atoms with Crippen LogP contribution in [0.15, 0.2) is 54.6 Å². The van der Waals surface area contributed by atoms with Crippen LogP contribution in [-0.4, -0.2) is 28.1 Å². The van der Waals surface area contributed by atoms with Crippen molar-refractivity contribution in [2.24, 2.45) is 5.73 Å². The molecule has 1 unspecified atom stereocenters. The van der Waals surface area contributed by atoms with Crippen LogP contribution in [0.25, 0.3) is 0 Å². The molecule has 0 bridgehead atoms. The number of nitrogens with one attached hydrogen (secondary N) is 1. The number of nitrogens with two attached hydrogens (primary N) is 2. The monoisotopic (exact) mass is 469 g/mol. The summed E-state index contributed by atoms with van der Waals surface area (Å²) in [6.07, 6.45) is 0.814. The van der Waals surface area contributed by atoms with E-state index < -0.39 is 29.6 Å². The number of aromatic nitrogens is 1. The summed E-state index contributed by atoms with van der Waals surface area (Å²) in [4.78, 5) is 39.3. The first-order valence-electron chi connectivity index (χ1n) is 10.3. The van der Waals surface area contributed by atoms with Crippen LogP contribution in [0.3, 0.4) is 0 Å². The SMILES string of the molecule is CCCC(C(=O)NCc1ccccc1)N(C(=O)c1snc(C(N)=O)c1N)c1ccccc1F. The van der Waals surface area contributed by atoms with Crippen LogP contribution in [0.5, 0.6) is 0 Å². The fraction of sp³-hybridized carbons (Fsp3) is 0.217. The van der Waals surface area contributed by atoms with E-state index in [1.54, 1.807) is 6.07 Å². The zero-order valence-corrected chi connectivity index (χ0v) is 18.8. The summed E-state index contributed by atoms with van der Waals surface area (Å²) < 4.78 is 18.7. The van der Waals surface area contributed by atoms with Gasteiger partial charge in [-0.05, 0) is 35.6 Å². The molecule has 172 valence electrons. The molecule has 0 aliphatic heterocycles.